The van der Waals surface area contributed by atoms with Gasteiger partial charge in [-0.15, -0.1) is 0 Å². The van der Waals surface area contributed by atoms with Crippen LogP contribution in [0, 0.1) is 6.92 Å². The second-order valence-electron chi connectivity index (χ2n) is 5.66. The van der Waals surface area contributed by atoms with Gasteiger partial charge in [0.1, 0.15) is 0 Å². The smallest absolute Gasteiger partial charge is 0.167 e. The molecular weight excluding hydrogens is 282 g/mol. The number of nitrogens with one attached hydrogen (secondary N) is 1. The Morgan fingerprint density at radius 3 is 2.26 bits per heavy atom. The molecule has 3 aromatic carbocycles. The lowest BCUT2D eigenvalue weighted by atomic mass is 10.0. The van der Waals surface area contributed by atoms with Gasteiger partial charge < -0.3 is 5.32 Å². The molecular formula is C21H19NO. The van der Waals surface area contributed by atoms with Crippen molar-refractivity contribution in [3.05, 3.63) is 95.6 Å². The van der Waals surface area contributed by atoms with E-state index in [9.17, 15) is 4.79 Å². The molecule has 0 radical (unpaired) electrons. The van der Waals surface area contributed by atoms with Gasteiger partial charge in [0.05, 0.1) is 0 Å². The number of aryl methyl sites for hydroxylation is 1. The van der Waals surface area contributed by atoms with Gasteiger partial charge >= 0.3 is 0 Å². The van der Waals surface area contributed by atoms with Gasteiger partial charge in [0.2, 0.25) is 0 Å². The summed E-state index contributed by atoms with van der Waals surface area (Å²) in [6.45, 7) is 2.07. The molecule has 1 N–H and O–H groups in total. The Balaban J connectivity index is 1.68. The maximum absolute atomic E-state index is 12.3. The third-order valence-corrected chi connectivity index (χ3v) is 3.72. The van der Waals surface area contributed by atoms with Crippen LogP contribution < -0.4 is 5.32 Å². The lowest BCUT2D eigenvalue weighted by Gasteiger charge is -2.08. The molecule has 0 aliphatic rings. The second kappa shape index (κ2) is 6.93. The summed E-state index contributed by atoms with van der Waals surface area (Å²) < 4.78 is 0. The Hall–Kier alpha value is -2.87. The molecule has 0 aromatic heterocycles. The Morgan fingerprint density at radius 2 is 1.57 bits per heavy atom. The molecule has 0 atom stereocenters. The van der Waals surface area contributed by atoms with E-state index < -0.39 is 0 Å². The van der Waals surface area contributed by atoms with E-state index in [0.29, 0.717) is 6.42 Å². The molecule has 0 aliphatic carbocycles. The minimum Gasteiger partial charge on any atom is -0.356 e. The largest absolute Gasteiger partial charge is 0.356 e. The van der Waals surface area contributed by atoms with E-state index in [2.05, 4.69) is 24.4 Å². The van der Waals surface area contributed by atoms with Crippen molar-refractivity contribution < 1.29 is 4.79 Å². The van der Waals surface area contributed by atoms with Gasteiger partial charge in [-0.05, 0) is 54.4 Å². The number of Topliss-reactive ketones (excluding diaryl/α,β-unsaturated/α-hetero) is 1. The highest BCUT2D eigenvalue weighted by Gasteiger charge is 2.07. The zero-order chi connectivity index (χ0) is 16.1. The highest BCUT2D eigenvalue weighted by molar-refractivity contribution is 5.97. The standard InChI is InChI=1S/C21H19NO/c1-16-6-5-9-20(14-16)22-19-12-10-18(11-13-19)21(23)15-17-7-3-2-4-8-17/h2-14,22H,15H2,1H3. The van der Waals surface area contributed by atoms with Crippen LogP contribution in [0.5, 0.6) is 0 Å². The van der Waals surface area contributed by atoms with Crippen LogP contribution in [0.3, 0.4) is 0 Å². The predicted molar refractivity (Wildman–Crippen MR) is 95.4 cm³/mol. The van der Waals surface area contributed by atoms with Crippen LogP contribution in [0.15, 0.2) is 78.9 Å². The van der Waals surface area contributed by atoms with Crippen molar-refractivity contribution >= 4 is 17.2 Å². The molecule has 0 heterocycles. The van der Waals surface area contributed by atoms with Crippen LogP contribution in [0.1, 0.15) is 21.5 Å². The summed E-state index contributed by atoms with van der Waals surface area (Å²) in [6, 6.07) is 25.7. The number of benzene rings is 3. The topological polar surface area (TPSA) is 29.1 Å². The van der Waals surface area contributed by atoms with E-state index >= 15 is 0 Å². The summed E-state index contributed by atoms with van der Waals surface area (Å²) in [5.41, 5.74) is 5.02. The molecule has 0 fully saturated rings. The van der Waals surface area contributed by atoms with Crippen LogP contribution in [-0.4, -0.2) is 5.78 Å². The molecule has 0 bridgehead atoms. The van der Waals surface area contributed by atoms with Crippen LogP contribution >= 0.6 is 0 Å². The average Bonchev–Trinajstić information content (AvgIpc) is 2.56. The summed E-state index contributed by atoms with van der Waals surface area (Å²) in [4.78, 5) is 12.3. The van der Waals surface area contributed by atoms with Crippen molar-refractivity contribution in [2.45, 2.75) is 13.3 Å². The summed E-state index contributed by atoms with van der Waals surface area (Å²) in [5.74, 6) is 0.137. The number of carbonyl (C=O) groups is 1. The number of ketones is 1. The Labute approximate surface area is 136 Å². The van der Waals surface area contributed by atoms with E-state index in [1.807, 2.05) is 66.7 Å². The van der Waals surface area contributed by atoms with Crippen LogP contribution in [0.4, 0.5) is 11.4 Å². The van der Waals surface area contributed by atoms with Gasteiger partial charge in [0, 0.05) is 23.4 Å². The fraction of sp³-hybridized carbons (Fsp3) is 0.0952. The van der Waals surface area contributed by atoms with Gasteiger partial charge in [-0.1, -0.05) is 42.5 Å². The highest BCUT2D eigenvalue weighted by Crippen LogP contribution is 2.18. The van der Waals surface area contributed by atoms with Crippen molar-refractivity contribution in [3.8, 4) is 0 Å². The zero-order valence-corrected chi connectivity index (χ0v) is 13.1. The fourth-order valence-corrected chi connectivity index (χ4v) is 2.51. The molecule has 2 nitrogen and oxygen atoms in total. The van der Waals surface area contributed by atoms with Crippen molar-refractivity contribution in [1.82, 2.24) is 0 Å². The van der Waals surface area contributed by atoms with E-state index in [-0.39, 0.29) is 5.78 Å². The van der Waals surface area contributed by atoms with Gasteiger partial charge in [-0.25, -0.2) is 0 Å². The first kappa shape index (κ1) is 15.0. The average molecular weight is 301 g/mol. The monoisotopic (exact) mass is 301 g/mol. The van der Waals surface area contributed by atoms with Crippen LogP contribution in [0.25, 0.3) is 0 Å². The second-order valence-corrected chi connectivity index (χ2v) is 5.66. The molecule has 23 heavy (non-hydrogen) atoms. The summed E-state index contributed by atoms with van der Waals surface area (Å²) >= 11 is 0. The third-order valence-electron chi connectivity index (χ3n) is 3.72. The molecule has 114 valence electrons. The first-order valence-electron chi connectivity index (χ1n) is 7.71. The van der Waals surface area contributed by atoms with Crippen molar-refractivity contribution in [2.75, 3.05) is 5.32 Å². The Kier molecular flexibility index (Phi) is 4.53. The molecule has 3 aromatic rings. The number of hydrogen-bond acceptors (Lipinski definition) is 2. The molecule has 0 amide bonds. The lowest BCUT2D eigenvalue weighted by Crippen LogP contribution is -2.03. The molecule has 0 aliphatic heterocycles. The number of anilines is 2. The molecule has 0 saturated carbocycles. The van der Waals surface area contributed by atoms with Gasteiger partial charge in [-0.2, -0.15) is 0 Å². The third kappa shape index (κ3) is 4.07. The lowest BCUT2D eigenvalue weighted by molar-refractivity contribution is 0.0993. The number of hydrogen-bond donors (Lipinski definition) is 1. The SMILES string of the molecule is Cc1cccc(Nc2ccc(C(=O)Cc3ccccc3)cc2)c1. The Morgan fingerprint density at radius 1 is 0.826 bits per heavy atom. The molecule has 2 heteroatoms. The van der Waals surface area contributed by atoms with Gasteiger partial charge in [-0.3, -0.25) is 4.79 Å². The van der Waals surface area contributed by atoms with E-state index in [1.54, 1.807) is 0 Å². The minimum absolute atomic E-state index is 0.137. The minimum atomic E-state index is 0.137. The fourth-order valence-electron chi connectivity index (χ4n) is 2.51. The molecule has 0 unspecified atom stereocenters. The van der Waals surface area contributed by atoms with Crippen molar-refractivity contribution in [3.63, 3.8) is 0 Å². The quantitative estimate of drug-likeness (QED) is 0.659. The predicted octanol–water partition coefficient (Wildman–Crippen LogP) is 5.16. The Bertz CT molecular complexity index is 792. The van der Waals surface area contributed by atoms with Crippen LogP contribution in [0.2, 0.25) is 0 Å². The highest BCUT2D eigenvalue weighted by atomic mass is 16.1. The van der Waals surface area contributed by atoms with E-state index in [4.69, 9.17) is 0 Å². The maximum atomic E-state index is 12.3. The van der Waals surface area contributed by atoms with Gasteiger partial charge in [0.15, 0.2) is 5.78 Å². The molecule has 0 saturated heterocycles. The zero-order valence-electron chi connectivity index (χ0n) is 13.1. The maximum Gasteiger partial charge on any atom is 0.167 e. The summed E-state index contributed by atoms with van der Waals surface area (Å²) in [6.07, 6.45) is 0.436. The van der Waals surface area contributed by atoms with E-state index in [1.165, 1.54) is 5.56 Å². The normalized spacial score (nSPS) is 10.3. The first-order valence-corrected chi connectivity index (χ1v) is 7.71. The summed E-state index contributed by atoms with van der Waals surface area (Å²) in [7, 11) is 0. The van der Waals surface area contributed by atoms with Crippen molar-refractivity contribution in [2.24, 2.45) is 0 Å². The van der Waals surface area contributed by atoms with Crippen LogP contribution in [-0.2, 0) is 6.42 Å². The molecule has 3 rings (SSSR count). The first-order chi connectivity index (χ1) is 11.2. The van der Waals surface area contributed by atoms with Crippen molar-refractivity contribution in [1.29, 1.82) is 0 Å². The number of rotatable bonds is 5. The van der Waals surface area contributed by atoms with E-state index in [0.717, 1.165) is 22.5 Å². The number of carbonyl (C=O) groups excluding carboxylic acids is 1. The molecule has 0 spiro atoms. The summed E-state index contributed by atoms with van der Waals surface area (Å²) in [5, 5.41) is 3.35. The van der Waals surface area contributed by atoms with Gasteiger partial charge in [0.25, 0.3) is 0 Å².